The van der Waals surface area contributed by atoms with Crippen LogP contribution in [-0.4, -0.2) is 57.3 Å². The quantitative estimate of drug-likeness (QED) is 0.446. The third kappa shape index (κ3) is 5.45. The number of carbonyl (C=O) groups excluding carboxylic acids is 2. The molecule has 0 saturated carbocycles. The maximum absolute atomic E-state index is 13.2. The number of carbonyl (C=O) groups is 2. The van der Waals surface area contributed by atoms with Crippen molar-refractivity contribution in [1.29, 1.82) is 0 Å². The maximum atomic E-state index is 13.2. The summed E-state index contributed by atoms with van der Waals surface area (Å²) in [6.07, 6.45) is 0.620. The van der Waals surface area contributed by atoms with Gasteiger partial charge in [0, 0.05) is 25.2 Å². The highest BCUT2D eigenvalue weighted by Crippen LogP contribution is 2.33. The van der Waals surface area contributed by atoms with Crippen LogP contribution in [0.2, 0.25) is 0 Å². The Hall–Kier alpha value is -3.66. The first-order valence-electron chi connectivity index (χ1n) is 12.9. The molecule has 3 heterocycles. The van der Waals surface area contributed by atoms with Crippen LogP contribution in [0.25, 0.3) is 11.0 Å². The Morgan fingerprint density at radius 1 is 1.08 bits per heavy atom. The summed E-state index contributed by atoms with van der Waals surface area (Å²) in [7, 11) is 0. The molecule has 0 aliphatic carbocycles. The Balaban J connectivity index is 1.50. The van der Waals surface area contributed by atoms with Gasteiger partial charge >= 0.3 is 6.18 Å². The minimum absolute atomic E-state index is 0.111. The lowest BCUT2D eigenvalue weighted by Gasteiger charge is -2.33. The molecule has 10 heteroatoms. The number of nitrogens with one attached hydrogen (secondary N) is 1. The fraction of sp³-hybridized carbons (Fsp3) is 0.393. The minimum Gasteiger partial charge on any atom is -0.337 e. The van der Waals surface area contributed by atoms with Crippen LogP contribution >= 0.6 is 0 Å². The van der Waals surface area contributed by atoms with Crippen LogP contribution in [0.5, 0.6) is 0 Å². The summed E-state index contributed by atoms with van der Waals surface area (Å²) >= 11 is 0. The number of aromatic nitrogens is 2. The molecule has 1 unspecified atom stereocenters. The first-order chi connectivity index (χ1) is 18.2. The van der Waals surface area contributed by atoms with Crippen LogP contribution in [0.15, 0.2) is 55.1 Å². The fourth-order valence-corrected chi connectivity index (χ4v) is 5.40. The lowest BCUT2D eigenvalue weighted by molar-refractivity contribution is -0.137. The molecule has 0 bridgehead atoms. The Bertz CT molecular complexity index is 1360. The number of piperidine rings is 1. The van der Waals surface area contributed by atoms with Crippen molar-refractivity contribution >= 4 is 28.8 Å². The molecule has 2 aliphatic rings. The van der Waals surface area contributed by atoms with Gasteiger partial charge < -0.3 is 9.47 Å². The molecule has 0 radical (unpaired) electrons. The summed E-state index contributed by atoms with van der Waals surface area (Å²) in [5.74, 6) is -0.597. The van der Waals surface area contributed by atoms with Gasteiger partial charge in [0.1, 0.15) is 0 Å². The van der Waals surface area contributed by atoms with Crippen molar-refractivity contribution in [2.75, 3.05) is 31.5 Å². The number of alkyl halides is 3. The molecule has 3 aromatic rings. The summed E-state index contributed by atoms with van der Waals surface area (Å²) < 4.78 is 41.6. The van der Waals surface area contributed by atoms with Gasteiger partial charge in [0.15, 0.2) is 0 Å². The number of rotatable bonds is 6. The van der Waals surface area contributed by atoms with Crippen molar-refractivity contribution in [2.45, 2.75) is 44.4 Å². The zero-order chi connectivity index (χ0) is 26.9. The highest BCUT2D eigenvalue weighted by molar-refractivity contribution is 6.04. The number of halogens is 3. The molecule has 2 aromatic carbocycles. The van der Waals surface area contributed by atoms with Crippen LogP contribution in [0.1, 0.15) is 53.2 Å². The molecule has 1 atom stereocenters. The second kappa shape index (κ2) is 10.6. The van der Waals surface area contributed by atoms with E-state index in [2.05, 4.69) is 16.8 Å². The highest BCUT2D eigenvalue weighted by Gasteiger charge is 2.32. The standard InChI is InChI=1S/C28H30F3N5O2/c1-2-25(37)35-14-6-9-22(18-35)36-24-11-10-19(17-34-12-3-4-13-34)15-23(24)32-27(36)33-26(38)20-7-5-8-21(16-20)28(29,30)31/h2,5,7-8,10-11,15-16,22H,1,3-4,6,9,12-14,17-18H2,(H,32,33,38). The van der Waals surface area contributed by atoms with E-state index in [1.54, 1.807) is 4.90 Å². The van der Waals surface area contributed by atoms with Crippen LogP contribution in [0.3, 0.4) is 0 Å². The van der Waals surface area contributed by atoms with E-state index < -0.39 is 17.6 Å². The fourth-order valence-electron chi connectivity index (χ4n) is 5.40. The summed E-state index contributed by atoms with van der Waals surface area (Å²) in [6.45, 7) is 7.53. The zero-order valence-electron chi connectivity index (χ0n) is 21.0. The van der Waals surface area contributed by atoms with Crippen molar-refractivity contribution in [3.8, 4) is 0 Å². The normalized spacial score (nSPS) is 18.6. The minimum atomic E-state index is -4.56. The van der Waals surface area contributed by atoms with E-state index in [-0.39, 0.29) is 23.5 Å². The van der Waals surface area contributed by atoms with Gasteiger partial charge in [-0.25, -0.2) is 4.98 Å². The van der Waals surface area contributed by atoms with Crippen molar-refractivity contribution in [3.63, 3.8) is 0 Å². The summed E-state index contributed by atoms with van der Waals surface area (Å²) in [4.78, 5) is 34.3. The first kappa shape index (κ1) is 26.0. The van der Waals surface area contributed by atoms with Gasteiger partial charge in [-0.15, -0.1) is 0 Å². The molecule has 2 amide bonds. The molecule has 200 valence electrons. The van der Waals surface area contributed by atoms with Crippen molar-refractivity contribution in [2.24, 2.45) is 0 Å². The molecular formula is C28H30F3N5O2. The van der Waals surface area contributed by atoms with Crippen LogP contribution in [-0.2, 0) is 17.5 Å². The Kier molecular flexibility index (Phi) is 7.25. The van der Waals surface area contributed by atoms with E-state index in [0.29, 0.717) is 18.6 Å². The lowest BCUT2D eigenvalue weighted by atomic mass is 10.0. The number of anilines is 1. The largest absolute Gasteiger partial charge is 0.416 e. The summed E-state index contributed by atoms with van der Waals surface area (Å²) in [6, 6.07) is 10.2. The number of likely N-dealkylation sites (tertiary alicyclic amines) is 2. The van der Waals surface area contributed by atoms with Crippen LogP contribution in [0.4, 0.5) is 19.1 Å². The second-order valence-corrected chi connectivity index (χ2v) is 9.93. The molecule has 2 fully saturated rings. The molecule has 2 aliphatic heterocycles. The zero-order valence-corrected chi connectivity index (χ0v) is 21.0. The highest BCUT2D eigenvalue weighted by atomic mass is 19.4. The molecule has 2 saturated heterocycles. The van der Waals surface area contributed by atoms with E-state index in [1.165, 1.54) is 31.1 Å². The number of hydrogen-bond acceptors (Lipinski definition) is 4. The first-order valence-corrected chi connectivity index (χ1v) is 12.9. The van der Waals surface area contributed by atoms with Gasteiger partial charge in [0.2, 0.25) is 11.9 Å². The summed E-state index contributed by atoms with van der Waals surface area (Å²) in [5.41, 5.74) is 1.59. The van der Waals surface area contributed by atoms with Crippen molar-refractivity contribution < 1.29 is 22.8 Å². The monoisotopic (exact) mass is 525 g/mol. The predicted octanol–water partition coefficient (Wildman–Crippen LogP) is 5.25. The van der Waals surface area contributed by atoms with Crippen molar-refractivity contribution in [3.05, 3.63) is 71.8 Å². The SMILES string of the molecule is C=CC(=O)N1CCCC(n2c(NC(=O)c3cccc(C(F)(F)F)c3)nc3cc(CN4CCCC4)ccc32)C1. The Morgan fingerprint density at radius 2 is 1.87 bits per heavy atom. The van der Waals surface area contributed by atoms with Gasteiger partial charge in [0.05, 0.1) is 22.6 Å². The van der Waals surface area contributed by atoms with Gasteiger partial charge in [0.25, 0.3) is 5.91 Å². The van der Waals surface area contributed by atoms with E-state index >= 15 is 0 Å². The second-order valence-electron chi connectivity index (χ2n) is 9.93. The van der Waals surface area contributed by atoms with Crippen LogP contribution < -0.4 is 5.32 Å². The van der Waals surface area contributed by atoms with Crippen molar-refractivity contribution in [1.82, 2.24) is 19.4 Å². The lowest BCUT2D eigenvalue weighted by Crippen LogP contribution is -2.40. The van der Waals surface area contributed by atoms with Gasteiger partial charge in [-0.2, -0.15) is 13.2 Å². The smallest absolute Gasteiger partial charge is 0.337 e. The number of nitrogens with zero attached hydrogens (tertiary/aromatic N) is 4. The summed E-state index contributed by atoms with van der Waals surface area (Å²) in [5, 5.41) is 2.75. The third-order valence-electron chi connectivity index (χ3n) is 7.28. The maximum Gasteiger partial charge on any atom is 0.416 e. The third-order valence-corrected chi connectivity index (χ3v) is 7.28. The Labute approximate surface area is 218 Å². The van der Waals surface area contributed by atoms with Gasteiger partial charge in [-0.05, 0) is 80.7 Å². The molecule has 1 N–H and O–H groups in total. The number of fused-ring (bicyclic) bond motifs is 1. The molecular weight excluding hydrogens is 495 g/mol. The molecule has 7 nitrogen and oxygen atoms in total. The number of imidazole rings is 1. The van der Waals surface area contributed by atoms with Gasteiger partial charge in [-0.1, -0.05) is 18.7 Å². The van der Waals surface area contributed by atoms with Gasteiger partial charge in [-0.3, -0.25) is 19.8 Å². The number of amides is 2. The number of hydrogen-bond donors (Lipinski definition) is 1. The average molecular weight is 526 g/mol. The molecule has 5 rings (SSSR count). The topological polar surface area (TPSA) is 70.5 Å². The molecule has 38 heavy (non-hydrogen) atoms. The Morgan fingerprint density at radius 3 is 2.61 bits per heavy atom. The predicted molar refractivity (Wildman–Crippen MR) is 139 cm³/mol. The number of benzene rings is 2. The van der Waals surface area contributed by atoms with E-state index in [0.717, 1.165) is 55.7 Å². The van der Waals surface area contributed by atoms with E-state index in [9.17, 15) is 22.8 Å². The van der Waals surface area contributed by atoms with E-state index in [4.69, 9.17) is 4.98 Å². The molecule has 1 aromatic heterocycles. The molecule has 0 spiro atoms. The average Bonchev–Trinajstić information content (AvgIpc) is 3.55. The van der Waals surface area contributed by atoms with E-state index in [1.807, 2.05) is 22.8 Å². The van der Waals surface area contributed by atoms with Crippen LogP contribution in [0, 0.1) is 0 Å².